The van der Waals surface area contributed by atoms with Crippen LogP contribution in [0, 0.1) is 6.92 Å². The lowest BCUT2D eigenvalue weighted by molar-refractivity contribution is 0.340. The van der Waals surface area contributed by atoms with Crippen LogP contribution < -0.4 is 20.7 Å². The molecule has 0 amide bonds. The molecule has 3 N–H and O–H groups in total. The first kappa shape index (κ1) is 17.6. The summed E-state index contributed by atoms with van der Waals surface area (Å²) in [5, 5.41) is 15.3. The summed E-state index contributed by atoms with van der Waals surface area (Å²) in [4.78, 5) is 4.48. The lowest BCUT2D eigenvalue weighted by Crippen LogP contribution is -2.38. The predicted molar refractivity (Wildman–Crippen MR) is 108 cm³/mol. The Bertz CT molecular complexity index is 899. The fourth-order valence-corrected chi connectivity index (χ4v) is 3.43. The summed E-state index contributed by atoms with van der Waals surface area (Å²) in [5.74, 6) is 1.76. The van der Waals surface area contributed by atoms with Crippen LogP contribution in [0.4, 0.5) is 17.2 Å². The van der Waals surface area contributed by atoms with E-state index in [4.69, 9.17) is 9.84 Å². The lowest BCUT2D eigenvalue weighted by Gasteiger charge is -2.25. The molecule has 1 aliphatic heterocycles. The second kappa shape index (κ2) is 7.84. The Morgan fingerprint density at radius 3 is 2.89 bits per heavy atom. The molecule has 7 nitrogen and oxygen atoms in total. The molecule has 1 fully saturated rings. The minimum absolute atomic E-state index is 0.393. The molecule has 0 bridgehead atoms. The van der Waals surface area contributed by atoms with Gasteiger partial charge in [0.05, 0.1) is 12.3 Å². The van der Waals surface area contributed by atoms with Crippen molar-refractivity contribution >= 4 is 22.8 Å². The molecule has 1 aromatic carbocycles. The first-order chi connectivity index (χ1) is 13.2. The first-order valence-corrected chi connectivity index (χ1v) is 9.55. The van der Waals surface area contributed by atoms with Crippen molar-refractivity contribution < 1.29 is 4.74 Å². The molecule has 142 valence electrons. The van der Waals surface area contributed by atoms with Crippen LogP contribution in [0.5, 0.6) is 5.75 Å². The Labute approximate surface area is 159 Å². The third-order valence-electron chi connectivity index (χ3n) is 4.86. The molecule has 1 aliphatic rings. The van der Waals surface area contributed by atoms with Gasteiger partial charge < -0.3 is 20.7 Å². The van der Waals surface area contributed by atoms with Crippen molar-refractivity contribution in [2.45, 2.75) is 32.7 Å². The van der Waals surface area contributed by atoms with E-state index >= 15 is 0 Å². The number of rotatable bonds is 6. The van der Waals surface area contributed by atoms with Crippen molar-refractivity contribution in [2.75, 3.05) is 30.3 Å². The molecule has 1 unspecified atom stereocenters. The predicted octanol–water partition coefficient (Wildman–Crippen LogP) is 3.34. The van der Waals surface area contributed by atoms with Gasteiger partial charge in [0.2, 0.25) is 0 Å². The average Bonchev–Trinajstić information content (AvgIpc) is 3.16. The summed E-state index contributed by atoms with van der Waals surface area (Å²) in [6.07, 6.45) is 5.98. The van der Waals surface area contributed by atoms with Crippen LogP contribution in [-0.2, 0) is 0 Å². The molecular weight excluding hydrogens is 340 g/mol. The second-order valence-electron chi connectivity index (χ2n) is 6.81. The lowest BCUT2D eigenvalue weighted by atomic mass is 10.1. The molecular formula is C20H26N6O. The van der Waals surface area contributed by atoms with E-state index in [1.807, 2.05) is 41.9 Å². The maximum Gasteiger partial charge on any atom is 0.177 e. The molecule has 0 saturated carbocycles. The molecule has 7 heteroatoms. The quantitative estimate of drug-likeness (QED) is 0.621. The van der Waals surface area contributed by atoms with Crippen molar-refractivity contribution in [3.8, 4) is 5.75 Å². The molecule has 0 radical (unpaired) electrons. The summed E-state index contributed by atoms with van der Waals surface area (Å²) in [7, 11) is 0. The number of hydrogen-bond acceptors (Lipinski definition) is 6. The van der Waals surface area contributed by atoms with Crippen molar-refractivity contribution in [3.05, 3.63) is 42.2 Å². The number of ether oxygens (including phenoxy) is 1. The Morgan fingerprint density at radius 2 is 2.15 bits per heavy atom. The summed E-state index contributed by atoms with van der Waals surface area (Å²) in [6.45, 7) is 6.78. The number of piperidine rings is 1. The van der Waals surface area contributed by atoms with Crippen LogP contribution in [0.3, 0.4) is 0 Å². The van der Waals surface area contributed by atoms with E-state index in [2.05, 4.69) is 27.9 Å². The number of aromatic nitrogens is 3. The minimum atomic E-state index is 0.393. The van der Waals surface area contributed by atoms with Crippen LogP contribution >= 0.6 is 0 Å². The topological polar surface area (TPSA) is 75.5 Å². The van der Waals surface area contributed by atoms with E-state index in [1.54, 1.807) is 6.20 Å². The van der Waals surface area contributed by atoms with Gasteiger partial charge in [0.1, 0.15) is 5.75 Å². The van der Waals surface area contributed by atoms with Crippen molar-refractivity contribution in [1.82, 2.24) is 19.9 Å². The van der Waals surface area contributed by atoms with Crippen LogP contribution in [0.15, 0.2) is 36.7 Å². The van der Waals surface area contributed by atoms with Crippen molar-refractivity contribution in [1.29, 1.82) is 0 Å². The third kappa shape index (κ3) is 3.83. The Hall–Kier alpha value is -2.80. The van der Waals surface area contributed by atoms with Crippen molar-refractivity contribution in [2.24, 2.45) is 0 Å². The highest BCUT2D eigenvalue weighted by molar-refractivity contribution is 5.80. The number of benzene rings is 1. The summed E-state index contributed by atoms with van der Waals surface area (Å²) in [6, 6.07) is 8.37. The molecule has 27 heavy (non-hydrogen) atoms. The van der Waals surface area contributed by atoms with E-state index in [0.717, 1.165) is 53.7 Å². The Kier molecular flexibility index (Phi) is 5.11. The fourth-order valence-electron chi connectivity index (χ4n) is 3.43. The number of imidazole rings is 1. The molecule has 2 aromatic heterocycles. The third-order valence-corrected chi connectivity index (χ3v) is 4.86. The average molecular weight is 366 g/mol. The largest absolute Gasteiger partial charge is 0.494 e. The van der Waals surface area contributed by atoms with Gasteiger partial charge >= 0.3 is 0 Å². The molecule has 0 aliphatic carbocycles. The molecule has 3 heterocycles. The van der Waals surface area contributed by atoms with Gasteiger partial charge in [0.25, 0.3) is 0 Å². The molecule has 1 atom stereocenters. The number of anilines is 3. The van der Waals surface area contributed by atoms with E-state index in [1.165, 1.54) is 6.42 Å². The molecule has 0 spiro atoms. The minimum Gasteiger partial charge on any atom is -0.494 e. The molecule has 1 saturated heterocycles. The number of fused-ring (bicyclic) bond motifs is 1. The zero-order valence-corrected chi connectivity index (χ0v) is 15.8. The normalized spacial score (nSPS) is 17.0. The Balaban J connectivity index is 1.64. The first-order valence-electron chi connectivity index (χ1n) is 9.55. The van der Waals surface area contributed by atoms with E-state index < -0.39 is 0 Å². The highest BCUT2D eigenvalue weighted by atomic mass is 16.5. The zero-order valence-electron chi connectivity index (χ0n) is 15.8. The van der Waals surface area contributed by atoms with Crippen LogP contribution in [0.1, 0.15) is 25.3 Å². The van der Waals surface area contributed by atoms with Crippen LogP contribution in [0.2, 0.25) is 0 Å². The zero-order chi connectivity index (χ0) is 18.6. The highest BCUT2D eigenvalue weighted by Gasteiger charge is 2.18. The monoisotopic (exact) mass is 366 g/mol. The van der Waals surface area contributed by atoms with Crippen molar-refractivity contribution in [3.63, 3.8) is 0 Å². The summed E-state index contributed by atoms with van der Waals surface area (Å²) in [5.41, 5.74) is 3.83. The number of nitrogens with zero attached hydrogens (tertiary/aromatic N) is 3. The number of hydrogen-bond donors (Lipinski definition) is 3. The maximum absolute atomic E-state index is 5.53. The summed E-state index contributed by atoms with van der Waals surface area (Å²) < 4.78 is 7.35. The smallest absolute Gasteiger partial charge is 0.177 e. The van der Waals surface area contributed by atoms with Gasteiger partial charge in [-0.1, -0.05) is 0 Å². The van der Waals surface area contributed by atoms with Crippen LogP contribution in [-0.4, -0.2) is 40.3 Å². The van der Waals surface area contributed by atoms with Gasteiger partial charge in [0.15, 0.2) is 11.5 Å². The molecule has 3 aromatic rings. The number of nitrogens with one attached hydrogen (secondary N) is 3. The van der Waals surface area contributed by atoms with Gasteiger partial charge in [-0.3, -0.25) is 0 Å². The van der Waals surface area contributed by atoms with Gasteiger partial charge in [-0.25, -0.2) is 9.50 Å². The van der Waals surface area contributed by atoms with Gasteiger partial charge in [0, 0.05) is 36.2 Å². The van der Waals surface area contributed by atoms with E-state index in [0.29, 0.717) is 12.6 Å². The highest BCUT2D eigenvalue weighted by Crippen LogP contribution is 2.30. The summed E-state index contributed by atoms with van der Waals surface area (Å²) >= 11 is 0. The van der Waals surface area contributed by atoms with Crippen LogP contribution in [0.25, 0.3) is 5.65 Å². The second-order valence-corrected chi connectivity index (χ2v) is 6.81. The standard InChI is InChI=1S/C20H26N6O/c1-3-27-17-8-6-15(7-9-17)23-18-14(2)19(24-16-5-4-10-21-13-16)25-26-12-11-22-20(18)26/h6-9,11-12,16,21,23H,3-5,10,13H2,1-2H3,(H,24,25). The Morgan fingerprint density at radius 1 is 1.30 bits per heavy atom. The van der Waals surface area contributed by atoms with Gasteiger partial charge in [-0.05, 0) is 57.5 Å². The molecule has 4 rings (SSSR count). The van der Waals surface area contributed by atoms with Gasteiger partial charge in [-0.2, -0.15) is 0 Å². The van der Waals surface area contributed by atoms with Gasteiger partial charge in [-0.15, -0.1) is 5.10 Å². The SMILES string of the molecule is CCOc1ccc(Nc2c(C)c(NC3CCCNC3)nn3ccnc23)cc1. The van der Waals surface area contributed by atoms with E-state index in [9.17, 15) is 0 Å². The fraction of sp³-hybridized carbons (Fsp3) is 0.400. The maximum atomic E-state index is 5.53. The van der Waals surface area contributed by atoms with E-state index in [-0.39, 0.29) is 0 Å².